The quantitative estimate of drug-likeness (QED) is 0.780. The number of fused-ring (bicyclic) bond motifs is 1. The summed E-state index contributed by atoms with van der Waals surface area (Å²) >= 11 is 3.23. The Hall–Kier alpha value is -1.57. The minimum absolute atomic E-state index is 0.0175. The van der Waals surface area contributed by atoms with Gasteiger partial charge >= 0.3 is 0 Å². The monoisotopic (exact) mass is 332 g/mol. The Morgan fingerprint density at radius 3 is 3.09 bits per heavy atom. The molecule has 0 saturated heterocycles. The van der Waals surface area contributed by atoms with Crippen LogP contribution in [0.1, 0.15) is 34.5 Å². The molecule has 0 radical (unpaired) electrons. The van der Waals surface area contributed by atoms with Gasteiger partial charge in [0.2, 0.25) is 0 Å². The average Bonchev–Trinajstić information content (AvgIpc) is 3.04. The number of rotatable bonds is 5. The zero-order valence-electron chi connectivity index (χ0n) is 12.2. The largest absolute Gasteiger partial charge is 0.302 e. The highest BCUT2D eigenvalue weighted by atomic mass is 32.1. The summed E-state index contributed by atoms with van der Waals surface area (Å²) in [6, 6.07) is 1.89. The Morgan fingerprint density at radius 1 is 1.50 bits per heavy atom. The van der Waals surface area contributed by atoms with Crippen molar-refractivity contribution in [3.05, 3.63) is 49.8 Å². The SMILES string of the molecule is Cc1cnc(C(NCc2cc(=O)n3ccsc3n2)C2CC2)s1. The molecule has 1 aliphatic rings. The molecule has 5 nitrogen and oxygen atoms in total. The van der Waals surface area contributed by atoms with Gasteiger partial charge in [0, 0.05) is 35.3 Å². The number of aromatic nitrogens is 3. The highest BCUT2D eigenvalue weighted by Crippen LogP contribution is 2.42. The third kappa shape index (κ3) is 2.71. The molecule has 0 spiro atoms. The lowest BCUT2D eigenvalue weighted by molar-refractivity contribution is 0.474. The van der Waals surface area contributed by atoms with Gasteiger partial charge in [0.05, 0.1) is 11.7 Å². The van der Waals surface area contributed by atoms with Gasteiger partial charge in [0.15, 0.2) is 4.96 Å². The highest BCUT2D eigenvalue weighted by Gasteiger charge is 2.33. The summed E-state index contributed by atoms with van der Waals surface area (Å²) in [4.78, 5) is 23.1. The minimum atomic E-state index is -0.0175. The first kappa shape index (κ1) is 14.0. The van der Waals surface area contributed by atoms with Crippen molar-refractivity contribution in [2.24, 2.45) is 5.92 Å². The Kier molecular flexibility index (Phi) is 3.56. The Balaban J connectivity index is 1.55. The molecule has 3 aromatic rings. The Morgan fingerprint density at radius 2 is 2.36 bits per heavy atom. The number of nitrogens with one attached hydrogen (secondary N) is 1. The lowest BCUT2D eigenvalue weighted by atomic mass is 10.2. The maximum Gasteiger partial charge on any atom is 0.258 e. The van der Waals surface area contributed by atoms with Crippen LogP contribution in [-0.4, -0.2) is 14.4 Å². The molecule has 114 valence electrons. The third-order valence-electron chi connectivity index (χ3n) is 3.86. The van der Waals surface area contributed by atoms with Crippen LogP contribution in [0.2, 0.25) is 0 Å². The van der Waals surface area contributed by atoms with Gasteiger partial charge in [-0.25, -0.2) is 9.97 Å². The van der Waals surface area contributed by atoms with Gasteiger partial charge < -0.3 is 5.32 Å². The average molecular weight is 332 g/mol. The van der Waals surface area contributed by atoms with Crippen molar-refractivity contribution in [2.45, 2.75) is 32.4 Å². The summed E-state index contributed by atoms with van der Waals surface area (Å²) in [5, 5.41) is 6.58. The zero-order valence-corrected chi connectivity index (χ0v) is 13.8. The number of hydrogen-bond acceptors (Lipinski definition) is 6. The first-order valence-electron chi connectivity index (χ1n) is 7.32. The first-order valence-corrected chi connectivity index (χ1v) is 9.02. The van der Waals surface area contributed by atoms with E-state index in [0.717, 1.165) is 15.7 Å². The maximum absolute atomic E-state index is 12.0. The molecule has 0 aliphatic heterocycles. The van der Waals surface area contributed by atoms with Crippen LogP contribution in [0, 0.1) is 12.8 Å². The number of nitrogens with zero attached hydrogens (tertiary/aromatic N) is 3. The molecule has 0 bridgehead atoms. The van der Waals surface area contributed by atoms with Crippen LogP contribution in [-0.2, 0) is 6.54 Å². The number of thiazole rings is 2. The fraction of sp³-hybridized carbons (Fsp3) is 0.400. The van der Waals surface area contributed by atoms with Gasteiger partial charge in [-0.05, 0) is 25.7 Å². The van der Waals surface area contributed by atoms with Crippen molar-refractivity contribution in [2.75, 3.05) is 0 Å². The fourth-order valence-corrected chi connectivity index (χ4v) is 4.28. The van der Waals surface area contributed by atoms with E-state index >= 15 is 0 Å². The molecule has 1 aliphatic carbocycles. The summed E-state index contributed by atoms with van der Waals surface area (Å²) in [5.74, 6) is 0.664. The summed E-state index contributed by atoms with van der Waals surface area (Å²) in [6.07, 6.45) is 6.18. The third-order valence-corrected chi connectivity index (χ3v) is 5.61. The lowest BCUT2D eigenvalue weighted by Crippen LogP contribution is -2.24. The van der Waals surface area contributed by atoms with Crippen LogP contribution in [0.15, 0.2) is 28.6 Å². The van der Waals surface area contributed by atoms with E-state index in [1.165, 1.54) is 29.1 Å². The second-order valence-electron chi connectivity index (χ2n) is 5.65. The number of aryl methyl sites for hydroxylation is 1. The normalized spacial score (nSPS) is 16.2. The van der Waals surface area contributed by atoms with E-state index < -0.39 is 0 Å². The molecule has 3 aromatic heterocycles. The minimum Gasteiger partial charge on any atom is -0.302 e. The van der Waals surface area contributed by atoms with E-state index in [0.29, 0.717) is 12.5 Å². The maximum atomic E-state index is 12.0. The van der Waals surface area contributed by atoms with Crippen molar-refractivity contribution in [1.82, 2.24) is 19.7 Å². The van der Waals surface area contributed by atoms with E-state index in [4.69, 9.17) is 0 Å². The molecule has 7 heteroatoms. The molecular weight excluding hydrogens is 316 g/mol. The predicted octanol–water partition coefficient (Wildman–Crippen LogP) is 2.76. The van der Waals surface area contributed by atoms with Gasteiger partial charge in [0.1, 0.15) is 5.01 Å². The van der Waals surface area contributed by atoms with Gasteiger partial charge in [0.25, 0.3) is 5.56 Å². The second kappa shape index (κ2) is 5.57. The van der Waals surface area contributed by atoms with Crippen molar-refractivity contribution < 1.29 is 0 Å². The van der Waals surface area contributed by atoms with Crippen molar-refractivity contribution in [3.8, 4) is 0 Å². The van der Waals surface area contributed by atoms with Crippen LogP contribution in [0.4, 0.5) is 0 Å². The summed E-state index contributed by atoms with van der Waals surface area (Å²) in [6.45, 7) is 2.68. The first-order chi connectivity index (χ1) is 10.7. The van der Waals surface area contributed by atoms with Crippen molar-refractivity contribution >= 4 is 27.6 Å². The predicted molar refractivity (Wildman–Crippen MR) is 88.5 cm³/mol. The standard InChI is InChI=1S/C15H16N4OS2/c1-9-7-17-14(22-9)13(10-2-3-10)16-8-11-6-12(20)19-4-5-21-15(19)18-11/h4-7,10,13,16H,2-3,8H2,1H3. The van der Waals surface area contributed by atoms with E-state index in [2.05, 4.69) is 22.2 Å². The van der Waals surface area contributed by atoms with E-state index in [-0.39, 0.29) is 11.6 Å². The van der Waals surface area contributed by atoms with Crippen molar-refractivity contribution in [1.29, 1.82) is 0 Å². The zero-order chi connectivity index (χ0) is 15.1. The van der Waals surface area contributed by atoms with Crippen LogP contribution < -0.4 is 10.9 Å². The Labute approximate surface area is 135 Å². The van der Waals surface area contributed by atoms with E-state index in [9.17, 15) is 4.79 Å². The molecular formula is C15H16N4OS2. The van der Waals surface area contributed by atoms with Gasteiger partial charge in [-0.3, -0.25) is 9.20 Å². The molecule has 1 N–H and O–H groups in total. The fourth-order valence-electron chi connectivity index (χ4n) is 2.59. The van der Waals surface area contributed by atoms with Crippen LogP contribution in [0.25, 0.3) is 4.96 Å². The molecule has 0 aromatic carbocycles. The second-order valence-corrected chi connectivity index (χ2v) is 7.79. The molecule has 1 atom stereocenters. The summed E-state index contributed by atoms with van der Waals surface area (Å²) in [7, 11) is 0. The molecule has 1 saturated carbocycles. The van der Waals surface area contributed by atoms with Gasteiger partial charge in [-0.1, -0.05) is 0 Å². The van der Waals surface area contributed by atoms with Crippen molar-refractivity contribution in [3.63, 3.8) is 0 Å². The van der Waals surface area contributed by atoms with Crippen LogP contribution in [0.3, 0.4) is 0 Å². The topological polar surface area (TPSA) is 59.3 Å². The molecule has 3 heterocycles. The molecule has 22 heavy (non-hydrogen) atoms. The van der Waals surface area contributed by atoms with E-state index in [1.54, 1.807) is 28.0 Å². The van der Waals surface area contributed by atoms with E-state index in [1.807, 2.05) is 11.6 Å². The summed E-state index contributed by atoms with van der Waals surface area (Å²) < 4.78 is 1.58. The smallest absolute Gasteiger partial charge is 0.258 e. The van der Waals surface area contributed by atoms with Gasteiger partial charge in [-0.2, -0.15) is 0 Å². The molecule has 4 rings (SSSR count). The molecule has 1 unspecified atom stereocenters. The Bertz CT molecular complexity index is 862. The molecule has 1 fully saturated rings. The number of hydrogen-bond donors (Lipinski definition) is 1. The summed E-state index contributed by atoms with van der Waals surface area (Å²) in [5.41, 5.74) is 0.780. The van der Waals surface area contributed by atoms with Crippen LogP contribution in [0.5, 0.6) is 0 Å². The highest BCUT2D eigenvalue weighted by molar-refractivity contribution is 7.15. The van der Waals surface area contributed by atoms with Gasteiger partial charge in [-0.15, -0.1) is 22.7 Å². The lowest BCUT2D eigenvalue weighted by Gasteiger charge is -2.15. The van der Waals surface area contributed by atoms with Crippen LogP contribution >= 0.6 is 22.7 Å². The molecule has 0 amide bonds.